The van der Waals surface area contributed by atoms with Gasteiger partial charge in [-0.1, -0.05) is 35.3 Å². The van der Waals surface area contributed by atoms with Crippen molar-refractivity contribution in [1.29, 1.82) is 0 Å². The van der Waals surface area contributed by atoms with E-state index in [1.807, 2.05) is 50.2 Å². The van der Waals surface area contributed by atoms with Crippen LogP contribution in [0.5, 0.6) is 5.75 Å². The normalized spacial score (nSPS) is 10.4. The number of ether oxygens (including phenoxy) is 1. The summed E-state index contributed by atoms with van der Waals surface area (Å²) in [6.07, 6.45) is 0. The molecule has 0 heterocycles. The Hall–Kier alpha value is -1.38. The molecule has 0 spiro atoms. The molecule has 2 aromatic carbocycles. The van der Waals surface area contributed by atoms with Crippen LogP contribution in [0, 0.1) is 6.92 Å². The summed E-state index contributed by atoms with van der Waals surface area (Å²) in [7, 11) is 0. The van der Waals surface area contributed by atoms with Crippen molar-refractivity contribution in [3.8, 4) is 5.75 Å². The number of rotatable bonds is 5. The standard InChI is InChI=1S/C16H17Cl2NO/c1-3-20-13-6-4-12(5-7-13)10-19-16-9-14(17)11(2)8-15(16)18/h4-9,19H,3,10H2,1-2H3. The monoisotopic (exact) mass is 309 g/mol. The fraction of sp³-hybridized carbons (Fsp3) is 0.250. The molecule has 20 heavy (non-hydrogen) atoms. The number of nitrogens with one attached hydrogen (secondary N) is 1. The van der Waals surface area contributed by atoms with Gasteiger partial charge in [-0.2, -0.15) is 0 Å². The molecule has 2 nitrogen and oxygen atoms in total. The van der Waals surface area contributed by atoms with E-state index in [0.717, 1.165) is 22.6 Å². The van der Waals surface area contributed by atoms with Crippen LogP contribution < -0.4 is 10.1 Å². The Kier molecular flexibility index (Phi) is 5.16. The van der Waals surface area contributed by atoms with Crippen molar-refractivity contribution >= 4 is 28.9 Å². The predicted molar refractivity (Wildman–Crippen MR) is 86.1 cm³/mol. The van der Waals surface area contributed by atoms with Crippen LogP contribution in [-0.4, -0.2) is 6.61 Å². The van der Waals surface area contributed by atoms with Crippen molar-refractivity contribution in [2.24, 2.45) is 0 Å². The van der Waals surface area contributed by atoms with Gasteiger partial charge in [0.2, 0.25) is 0 Å². The lowest BCUT2D eigenvalue weighted by atomic mass is 10.2. The Bertz CT molecular complexity index is 582. The maximum absolute atomic E-state index is 6.19. The summed E-state index contributed by atoms with van der Waals surface area (Å²) in [6, 6.07) is 11.7. The van der Waals surface area contributed by atoms with E-state index < -0.39 is 0 Å². The van der Waals surface area contributed by atoms with Crippen LogP contribution in [-0.2, 0) is 6.54 Å². The van der Waals surface area contributed by atoms with E-state index in [-0.39, 0.29) is 0 Å². The molecule has 1 N–H and O–H groups in total. The van der Waals surface area contributed by atoms with E-state index in [2.05, 4.69) is 5.32 Å². The number of aryl methyl sites for hydroxylation is 1. The van der Waals surface area contributed by atoms with Gasteiger partial charge in [0.25, 0.3) is 0 Å². The molecule has 2 rings (SSSR count). The first kappa shape index (κ1) is 15.0. The van der Waals surface area contributed by atoms with Crippen molar-refractivity contribution in [1.82, 2.24) is 0 Å². The lowest BCUT2D eigenvalue weighted by Crippen LogP contribution is -2.00. The molecule has 0 bridgehead atoms. The molecular weight excluding hydrogens is 293 g/mol. The minimum Gasteiger partial charge on any atom is -0.494 e. The van der Waals surface area contributed by atoms with Gasteiger partial charge in [-0.05, 0) is 49.2 Å². The average Bonchev–Trinajstić information content (AvgIpc) is 2.43. The van der Waals surface area contributed by atoms with Crippen LogP contribution in [0.25, 0.3) is 0 Å². The Morgan fingerprint density at radius 2 is 1.75 bits per heavy atom. The highest BCUT2D eigenvalue weighted by molar-refractivity contribution is 6.35. The Balaban J connectivity index is 2.03. The van der Waals surface area contributed by atoms with Gasteiger partial charge in [0.1, 0.15) is 5.75 Å². The second kappa shape index (κ2) is 6.87. The highest BCUT2D eigenvalue weighted by Gasteiger charge is 2.04. The van der Waals surface area contributed by atoms with Gasteiger partial charge in [-0.25, -0.2) is 0 Å². The highest BCUT2D eigenvalue weighted by atomic mass is 35.5. The molecule has 4 heteroatoms. The summed E-state index contributed by atoms with van der Waals surface area (Å²) in [5.74, 6) is 0.882. The molecule has 0 fully saturated rings. The summed E-state index contributed by atoms with van der Waals surface area (Å²) < 4.78 is 5.41. The molecule has 0 aliphatic carbocycles. The van der Waals surface area contributed by atoms with E-state index in [0.29, 0.717) is 23.2 Å². The second-order valence-electron chi connectivity index (χ2n) is 4.51. The van der Waals surface area contributed by atoms with Gasteiger partial charge >= 0.3 is 0 Å². The first-order valence-electron chi connectivity index (χ1n) is 6.51. The van der Waals surface area contributed by atoms with E-state index in [1.54, 1.807) is 0 Å². The van der Waals surface area contributed by atoms with Crippen LogP contribution in [0.1, 0.15) is 18.1 Å². The predicted octanol–water partition coefficient (Wildman–Crippen LogP) is 5.31. The summed E-state index contributed by atoms with van der Waals surface area (Å²) in [4.78, 5) is 0. The minimum absolute atomic E-state index is 0.676. The number of benzene rings is 2. The lowest BCUT2D eigenvalue weighted by Gasteiger charge is -2.11. The van der Waals surface area contributed by atoms with E-state index in [4.69, 9.17) is 27.9 Å². The summed E-state index contributed by atoms with van der Waals surface area (Å²) in [5, 5.41) is 4.68. The van der Waals surface area contributed by atoms with Crippen molar-refractivity contribution in [2.45, 2.75) is 20.4 Å². The third-order valence-corrected chi connectivity index (χ3v) is 3.69. The van der Waals surface area contributed by atoms with Gasteiger partial charge < -0.3 is 10.1 Å². The van der Waals surface area contributed by atoms with Crippen molar-refractivity contribution < 1.29 is 4.74 Å². The van der Waals surface area contributed by atoms with Crippen LogP contribution in [0.2, 0.25) is 10.0 Å². The maximum Gasteiger partial charge on any atom is 0.119 e. The highest BCUT2D eigenvalue weighted by Crippen LogP contribution is 2.29. The Morgan fingerprint density at radius 3 is 2.40 bits per heavy atom. The fourth-order valence-corrected chi connectivity index (χ4v) is 2.30. The van der Waals surface area contributed by atoms with Crippen LogP contribution in [0.3, 0.4) is 0 Å². The maximum atomic E-state index is 6.19. The summed E-state index contributed by atoms with van der Waals surface area (Å²) in [5.41, 5.74) is 2.97. The Morgan fingerprint density at radius 1 is 1.05 bits per heavy atom. The molecule has 0 aromatic heterocycles. The van der Waals surface area contributed by atoms with E-state index in [1.165, 1.54) is 0 Å². The third kappa shape index (κ3) is 3.81. The fourth-order valence-electron chi connectivity index (χ4n) is 1.85. The Labute approximate surface area is 129 Å². The molecule has 0 aliphatic heterocycles. The van der Waals surface area contributed by atoms with Crippen LogP contribution >= 0.6 is 23.2 Å². The molecule has 106 valence electrons. The molecule has 0 saturated carbocycles. The molecular formula is C16H17Cl2NO. The molecule has 2 aromatic rings. The van der Waals surface area contributed by atoms with Gasteiger partial charge in [0, 0.05) is 11.6 Å². The van der Waals surface area contributed by atoms with Crippen molar-refractivity contribution in [3.63, 3.8) is 0 Å². The van der Waals surface area contributed by atoms with Crippen LogP contribution in [0.15, 0.2) is 36.4 Å². The van der Waals surface area contributed by atoms with Gasteiger partial charge in [-0.3, -0.25) is 0 Å². The summed E-state index contributed by atoms with van der Waals surface area (Å²) >= 11 is 12.3. The quantitative estimate of drug-likeness (QED) is 0.807. The zero-order valence-electron chi connectivity index (χ0n) is 11.5. The SMILES string of the molecule is CCOc1ccc(CNc2cc(Cl)c(C)cc2Cl)cc1. The first-order valence-corrected chi connectivity index (χ1v) is 7.27. The molecule has 0 radical (unpaired) electrons. The van der Waals surface area contributed by atoms with Crippen molar-refractivity contribution in [2.75, 3.05) is 11.9 Å². The van der Waals surface area contributed by atoms with Crippen LogP contribution in [0.4, 0.5) is 5.69 Å². The molecule has 0 amide bonds. The second-order valence-corrected chi connectivity index (χ2v) is 5.33. The zero-order chi connectivity index (χ0) is 14.5. The number of hydrogen-bond donors (Lipinski definition) is 1. The zero-order valence-corrected chi connectivity index (χ0v) is 13.1. The third-order valence-electron chi connectivity index (χ3n) is 2.97. The van der Waals surface area contributed by atoms with Crippen molar-refractivity contribution in [3.05, 3.63) is 57.6 Å². The van der Waals surface area contributed by atoms with Gasteiger partial charge in [-0.15, -0.1) is 0 Å². The molecule has 0 saturated heterocycles. The van der Waals surface area contributed by atoms with Gasteiger partial charge in [0.05, 0.1) is 17.3 Å². The molecule has 0 unspecified atom stereocenters. The number of hydrogen-bond acceptors (Lipinski definition) is 2. The topological polar surface area (TPSA) is 21.3 Å². The smallest absolute Gasteiger partial charge is 0.119 e. The average molecular weight is 310 g/mol. The number of halogens is 2. The number of anilines is 1. The molecule has 0 aliphatic rings. The van der Waals surface area contributed by atoms with E-state index in [9.17, 15) is 0 Å². The van der Waals surface area contributed by atoms with Gasteiger partial charge in [0.15, 0.2) is 0 Å². The first-order chi connectivity index (χ1) is 9.60. The lowest BCUT2D eigenvalue weighted by molar-refractivity contribution is 0.340. The minimum atomic E-state index is 0.676. The summed E-state index contributed by atoms with van der Waals surface area (Å²) in [6.45, 7) is 5.27. The van der Waals surface area contributed by atoms with E-state index >= 15 is 0 Å². The molecule has 0 atom stereocenters. The largest absolute Gasteiger partial charge is 0.494 e.